The summed E-state index contributed by atoms with van der Waals surface area (Å²) in [5.74, 6) is 0.287. The maximum absolute atomic E-state index is 13.2. The summed E-state index contributed by atoms with van der Waals surface area (Å²) in [6.45, 7) is 0.713. The molecule has 5 rings (SSSR count). The van der Waals surface area contributed by atoms with Gasteiger partial charge in [-0.1, -0.05) is 23.7 Å². The number of halogens is 4. The maximum Gasteiger partial charge on any atom is 0.437 e. The Hall–Kier alpha value is -3.20. The van der Waals surface area contributed by atoms with E-state index < -0.39 is 11.9 Å². The highest BCUT2D eigenvalue weighted by Crippen LogP contribution is 2.39. The van der Waals surface area contributed by atoms with E-state index in [0.717, 1.165) is 17.9 Å². The van der Waals surface area contributed by atoms with Gasteiger partial charge >= 0.3 is 6.18 Å². The quantitative estimate of drug-likeness (QED) is 0.473. The van der Waals surface area contributed by atoms with Gasteiger partial charge in [0.05, 0.1) is 12.0 Å². The third-order valence-corrected chi connectivity index (χ3v) is 5.82. The fourth-order valence-corrected chi connectivity index (χ4v) is 4.46. The Morgan fingerprint density at radius 1 is 1.13 bits per heavy atom. The molecule has 1 aliphatic carbocycles. The Bertz CT molecular complexity index is 1250. The highest BCUT2D eigenvalue weighted by Gasteiger charge is 2.38. The Morgan fingerprint density at radius 2 is 2.00 bits per heavy atom. The number of nitrogens with one attached hydrogen (secondary N) is 1. The fraction of sp³-hybridized carbons (Fsp3) is 0.238. The molecular formula is C21H16ClF3N6. The summed E-state index contributed by atoms with van der Waals surface area (Å²) >= 11 is 6.41. The molecule has 6 nitrogen and oxygen atoms in total. The molecule has 0 fully saturated rings. The number of aromatic nitrogens is 6. The Kier molecular flexibility index (Phi) is 4.77. The number of benzene rings is 1. The molecular weight excluding hydrogens is 429 g/mol. The van der Waals surface area contributed by atoms with Crippen molar-refractivity contribution in [1.29, 1.82) is 0 Å². The minimum atomic E-state index is -4.60. The Labute approximate surface area is 180 Å². The molecule has 0 amide bonds. The summed E-state index contributed by atoms with van der Waals surface area (Å²) in [6.07, 6.45) is 2.37. The van der Waals surface area contributed by atoms with Gasteiger partial charge in [0, 0.05) is 35.4 Å². The molecule has 1 aromatic carbocycles. The van der Waals surface area contributed by atoms with Crippen molar-refractivity contribution in [2.24, 2.45) is 0 Å². The van der Waals surface area contributed by atoms with Gasteiger partial charge < -0.3 is 4.57 Å². The largest absolute Gasteiger partial charge is 0.437 e. The molecule has 4 aromatic rings. The van der Waals surface area contributed by atoms with Gasteiger partial charge in [-0.3, -0.25) is 4.98 Å². The van der Waals surface area contributed by atoms with E-state index in [0.29, 0.717) is 17.9 Å². The lowest BCUT2D eigenvalue weighted by Crippen LogP contribution is -2.07. The number of fused-ring (bicyclic) bond motifs is 1. The van der Waals surface area contributed by atoms with E-state index >= 15 is 0 Å². The highest BCUT2D eigenvalue weighted by molar-refractivity contribution is 6.31. The molecule has 0 aliphatic heterocycles. The van der Waals surface area contributed by atoms with Crippen LogP contribution in [0.3, 0.4) is 0 Å². The molecule has 3 heterocycles. The second-order valence-corrected chi connectivity index (χ2v) is 7.86. The number of aromatic amines is 1. The zero-order valence-corrected chi connectivity index (χ0v) is 16.8. The van der Waals surface area contributed by atoms with Crippen molar-refractivity contribution in [3.63, 3.8) is 0 Å². The molecule has 10 heteroatoms. The second kappa shape index (κ2) is 7.49. The van der Waals surface area contributed by atoms with Crippen LogP contribution in [-0.2, 0) is 19.1 Å². The lowest BCUT2D eigenvalue weighted by molar-refractivity contribution is -0.140. The third kappa shape index (κ3) is 3.69. The molecule has 0 unspecified atom stereocenters. The number of imidazole rings is 1. The van der Waals surface area contributed by atoms with Crippen LogP contribution in [0.15, 0.2) is 49.1 Å². The Balaban J connectivity index is 1.41. The number of aryl methyl sites for hydroxylation is 1. The Morgan fingerprint density at radius 3 is 2.84 bits per heavy atom. The van der Waals surface area contributed by atoms with Gasteiger partial charge in [-0.05, 0) is 42.2 Å². The van der Waals surface area contributed by atoms with Gasteiger partial charge in [-0.15, -0.1) is 0 Å². The van der Waals surface area contributed by atoms with E-state index in [4.69, 9.17) is 11.6 Å². The average molecular weight is 445 g/mol. The van der Waals surface area contributed by atoms with Crippen LogP contribution in [0.25, 0.3) is 22.6 Å². The van der Waals surface area contributed by atoms with Gasteiger partial charge in [0.2, 0.25) is 0 Å². The number of pyridine rings is 1. The molecule has 31 heavy (non-hydrogen) atoms. The molecule has 1 aliphatic rings. The number of hydrogen-bond donors (Lipinski definition) is 1. The number of alkyl halides is 3. The van der Waals surface area contributed by atoms with Crippen molar-refractivity contribution < 1.29 is 13.2 Å². The van der Waals surface area contributed by atoms with Crippen LogP contribution in [0.5, 0.6) is 0 Å². The zero-order valence-electron chi connectivity index (χ0n) is 16.1. The first-order chi connectivity index (χ1) is 14.9. The van der Waals surface area contributed by atoms with Crippen molar-refractivity contribution in [3.05, 3.63) is 70.9 Å². The molecule has 0 saturated heterocycles. The van der Waals surface area contributed by atoms with Crippen molar-refractivity contribution in [3.8, 4) is 22.6 Å². The van der Waals surface area contributed by atoms with Crippen LogP contribution in [0.1, 0.15) is 29.2 Å². The summed E-state index contributed by atoms with van der Waals surface area (Å²) in [6, 6.07) is 8.98. The third-order valence-electron chi connectivity index (χ3n) is 5.49. The molecule has 158 valence electrons. The molecule has 1 N–H and O–H groups in total. The smallest absolute Gasteiger partial charge is 0.336 e. The summed E-state index contributed by atoms with van der Waals surface area (Å²) in [4.78, 5) is 8.67. The zero-order chi connectivity index (χ0) is 21.6. The first-order valence-corrected chi connectivity index (χ1v) is 10.0. The lowest BCUT2D eigenvalue weighted by Gasteiger charge is -2.13. The number of nitrogens with zero attached hydrogens (tertiary/aromatic N) is 5. The minimum Gasteiger partial charge on any atom is -0.336 e. The first-order valence-electron chi connectivity index (χ1n) is 9.64. The average Bonchev–Trinajstić information content (AvgIpc) is 3.48. The summed E-state index contributed by atoms with van der Waals surface area (Å²) < 4.78 is 41.4. The molecule has 0 spiro atoms. The van der Waals surface area contributed by atoms with Gasteiger partial charge in [0.15, 0.2) is 5.69 Å². The predicted octanol–water partition coefficient (Wildman–Crippen LogP) is 5.13. The number of rotatable bonds is 4. The van der Waals surface area contributed by atoms with Gasteiger partial charge in [0.1, 0.15) is 11.4 Å². The van der Waals surface area contributed by atoms with Crippen molar-refractivity contribution in [1.82, 2.24) is 29.9 Å². The van der Waals surface area contributed by atoms with Crippen molar-refractivity contribution in [2.45, 2.75) is 31.5 Å². The van der Waals surface area contributed by atoms with Gasteiger partial charge in [0.25, 0.3) is 0 Å². The summed E-state index contributed by atoms with van der Waals surface area (Å²) in [5.41, 5.74) is 2.41. The molecule has 3 aromatic heterocycles. The van der Waals surface area contributed by atoms with E-state index in [1.165, 1.54) is 29.5 Å². The van der Waals surface area contributed by atoms with Crippen LogP contribution in [0.4, 0.5) is 13.2 Å². The minimum absolute atomic E-state index is 0.261. The molecule has 0 radical (unpaired) electrons. The van der Waals surface area contributed by atoms with Crippen molar-refractivity contribution >= 4 is 11.6 Å². The summed E-state index contributed by atoms with van der Waals surface area (Å²) in [7, 11) is 0. The van der Waals surface area contributed by atoms with Gasteiger partial charge in [-0.2, -0.15) is 28.6 Å². The topological polar surface area (TPSA) is 72.3 Å². The van der Waals surface area contributed by atoms with E-state index in [1.807, 2.05) is 28.1 Å². The standard InChI is InChI=1S/C21H16ClF3N6/c22-15-3-1-2-12-4-5-14(18(12)15)9-31-10-17(27-11-31)16-8-13(6-7-26-16)19-20(21(23,24)25)29-30-28-19/h1-3,6-8,10-11,14H,4-5,9H2,(H,28,29,30)/t14-/m1/s1. The lowest BCUT2D eigenvalue weighted by atomic mass is 10.0. The van der Waals surface area contributed by atoms with E-state index in [1.54, 1.807) is 6.33 Å². The monoisotopic (exact) mass is 444 g/mol. The normalized spacial score (nSPS) is 15.9. The molecule has 0 bridgehead atoms. The highest BCUT2D eigenvalue weighted by atomic mass is 35.5. The second-order valence-electron chi connectivity index (χ2n) is 7.45. The number of hydrogen-bond acceptors (Lipinski definition) is 4. The van der Waals surface area contributed by atoms with Crippen LogP contribution in [0.2, 0.25) is 5.02 Å². The number of H-pyrrole nitrogens is 1. The SMILES string of the molecule is FC(F)(F)c1n[nH]nc1-c1ccnc(-c2cn(C[C@H]3CCc4cccc(Cl)c43)cn2)c1. The van der Waals surface area contributed by atoms with Crippen LogP contribution in [-0.4, -0.2) is 29.9 Å². The maximum atomic E-state index is 13.2. The summed E-state index contributed by atoms with van der Waals surface area (Å²) in [5, 5.41) is 9.74. The molecule has 0 saturated carbocycles. The van der Waals surface area contributed by atoms with Crippen LogP contribution >= 0.6 is 11.6 Å². The van der Waals surface area contributed by atoms with Crippen LogP contribution in [0, 0.1) is 0 Å². The predicted molar refractivity (Wildman–Crippen MR) is 108 cm³/mol. The fourth-order valence-electron chi connectivity index (χ4n) is 4.11. The van der Waals surface area contributed by atoms with E-state index in [2.05, 4.69) is 26.2 Å². The van der Waals surface area contributed by atoms with Crippen molar-refractivity contribution in [2.75, 3.05) is 0 Å². The van der Waals surface area contributed by atoms with E-state index in [-0.39, 0.29) is 17.2 Å². The first kappa shape index (κ1) is 19.7. The van der Waals surface area contributed by atoms with E-state index in [9.17, 15) is 13.2 Å². The van der Waals surface area contributed by atoms with Crippen LogP contribution < -0.4 is 0 Å². The van der Waals surface area contributed by atoms with Gasteiger partial charge in [-0.25, -0.2) is 4.98 Å². The molecule has 1 atom stereocenters.